The molecule has 3 N–H and O–H groups in total. The van der Waals surface area contributed by atoms with Crippen LogP contribution in [0.5, 0.6) is 0 Å². The normalized spacial score (nSPS) is 11.6. The maximum Gasteiger partial charge on any atom is 0.416 e. The minimum atomic E-state index is -4.64. The van der Waals surface area contributed by atoms with Gasteiger partial charge in [0.15, 0.2) is 5.11 Å². The van der Waals surface area contributed by atoms with Crippen molar-refractivity contribution in [3.63, 3.8) is 0 Å². The van der Waals surface area contributed by atoms with Gasteiger partial charge in [-0.2, -0.15) is 13.2 Å². The summed E-state index contributed by atoms with van der Waals surface area (Å²) in [5, 5.41) is 4.79. The van der Waals surface area contributed by atoms with Gasteiger partial charge in [-0.15, -0.1) is 0 Å². The second-order valence-electron chi connectivity index (χ2n) is 5.97. The molecule has 13 heteroatoms. The first-order valence-corrected chi connectivity index (χ1v) is 10.3. The van der Waals surface area contributed by atoms with Gasteiger partial charge in [-0.3, -0.25) is 0 Å². The molecule has 0 fully saturated rings. The number of hydrogen-bond donors (Lipinski definition) is 3. The molecule has 7 nitrogen and oxygen atoms in total. The largest absolute Gasteiger partial charge is 0.416 e. The first kappa shape index (κ1) is 22.4. The molecule has 31 heavy (non-hydrogen) atoms. The van der Waals surface area contributed by atoms with Crippen molar-refractivity contribution >= 4 is 44.7 Å². The summed E-state index contributed by atoms with van der Waals surface area (Å²) in [5.41, 5.74) is -1.18. The predicted molar refractivity (Wildman–Crippen MR) is 111 cm³/mol. The lowest BCUT2D eigenvalue weighted by atomic mass is 10.2. The molecular weight excluding hydrogens is 458 g/mol. The highest BCUT2D eigenvalue weighted by atomic mass is 32.2. The molecule has 3 aromatic rings. The molecule has 162 valence electrons. The fourth-order valence-electron chi connectivity index (χ4n) is 2.33. The molecule has 0 aliphatic carbocycles. The van der Waals surface area contributed by atoms with E-state index in [1.807, 2.05) is 0 Å². The third kappa shape index (κ3) is 5.86. The number of nitrogens with zero attached hydrogens (tertiary/aromatic N) is 2. The second kappa shape index (κ2) is 8.81. The van der Waals surface area contributed by atoms with Crippen LogP contribution in [-0.4, -0.2) is 23.5 Å². The van der Waals surface area contributed by atoms with Crippen molar-refractivity contribution in [2.45, 2.75) is 11.1 Å². The standard InChI is InChI=1S/C18H13F4N5O2S2/c19-14-7-2-11(18(20,21)22)10-15(14)26-17(30)25-12-3-5-13(6-4-12)31(28,29)27-16-23-8-1-9-24-16/h1-10H,(H,23,24,27)(H2,25,26,30). The maximum atomic E-state index is 13.8. The lowest BCUT2D eigenvalue weighted by Gasteiger charge is -2.14. The number of sulfonamides is 1. The molecule has 3 rings (SSSR count). The Kier molecular flexibility index (Phi) is 6.36. The van der Waals surface area contributed by atoms with Crippen LogP contribution in [0.1, 0.15) is 5.56 Å². The number of anilines is 3. The number of hydrogen-bond acceptors (Lipinski definition) is 5. The molecule has 1 heterocycles. The number of thiocarbonyl (C=S) groups is 1. The molecule has 0 saturated heterocycles. The van der Waals surface area contributed by atoms with Crippen molar-refractivity contribution in [3.8, 4) is 0 Å². The predicted octanol–water partition coefficient (Wildman–Crippen LogP) is 4.24. The van der Waals surface area contributed by atoms with Gasteiger partial charge in [0.1, 0.15) is 5.82 Å². The number of nitrogens with one attached hydrogen (secondary N) is 3. The molecule has 0 aliphatic rings. The van der Waals surface area contributed by atoms with Crippen molar-refractivity contribution < 1.29 is 26.0 Å². The van der Waals surface area contributed by atoms with Gasteiger partial charge >= 0.3 is 6.18 Å². The van der Waals surface area contributed by atoms with E-state index in [1.165, 1.54) is 42.7 Å². The highest BCUT2D eigenvalue weighted by Crippen LogP contribution is 2.31. The first-order valence-electron chi connectivity index (χ1n) is 8.39. The van der Waals surface area contributed by atoms with Gasteiger partial charge in [0.2, 0.25) is 5.95 Å². The minimum absolute atomic E-state index is 0.0895. The van der Waals surface area contributed by atoms with Gasteiger partial charge in [-0.05, 0) is 60.7 Å². The van der Waals surface area contributed by atoms with Crippen LogP contribution in [0.15, 0.2) is 65.8 Å². The zero-order valence-corrected chi connectivity index (χ0v) is 16.9. The Labute approximate surface area is 179 Å². The summed E-state index contributed by atoms with van der Waals surface area (Å²) in [6.45, 7) is 0. The summed E-state index contributed by atoms with van der Waals surface area (Å²) in [4.78, 5) is 7.46. The van der Waals surface area contributed by atoms with Crippen molar-refractivity contribution in [1.82, 2.24) is 9.97 Å². The number of halogens is 4. The summed E-state index contributed by atoms with van der Waals surface area (Å²) in [6, 6.07) is 8.69. The number of aromatic nitrogens is 2. The molecule has 0 atom stereocenters. The molecule has 0 radical (unpaired) electrons. The van der Waals surface area contributed by atoms with Crippen LogP contribution in [0.2, 0.25) is 0 Å². The number of rotatable bonds is 5. The molecule has 0 amide bonds. The van der Waals surface area contributed by atoms with Gasteiger partial charge in [0.05, 0.1) is 16.1 Å². The van der Waals surface area contributed by atoms with Crippen LogP contribution in [0.3, 0.4) is 0 Å². The Morgan fingerprint density at radius 1 is 0.968 bits per heavy atom. The highest BCUT2D eigenvalue weighted by Gasteiger charge is 2.31. The fraction of sp³-hybridized carbons (Fsp3) is 0.0556. The van der Waals surface area contributed by atoms with Crippen LogP contribution in [0.25, 0.3) is 0 Å². The van der Waals surface area contributed by atoms with E-state index in [0.29, 0.717) is 23.9 Å². The van der Waals surface area contributed by atoms with Crippen LogP contribution >= 0.6 is 12.2 Å². The molecular formula is C18H13F4N5O2S2. The number of benzene rings is 2. The zero-order valence-electron chi connectivity index (χ0n) is 15.3. The molecule has 0 spiro atoms. The average molecular weight is 471 g/mol. The summed E-state index contributed by atoms with van der Waals surface area (Å²) in [7, 11) is -3.94. The van der Waals surface area contributed by atoms with Crippen molar-refractivity contribution in [2.24, 2.45) is 0 Å². The summed E-state index contributed by atoms with van der Waals surface area (Å²) >= 11 is 4.99. The maximum absolute atomic E-state index is 13.8. The van der Waals surface area contributed by atoms with Gasteiger partial charge in [-0.1, -0.05) is 0 Å². The number of alkyl halides is 3. The van der Waals surface area contributed by atoms with E-state index in [-0.39, 0.29) is 16.0 Å². The van der Waals surface area contributed by atoms with E-state index in [2.05, 4.69) is 25.3 Å². The summed E-state index contributed by atoms with van der Waals surface area (Å²) < 4.78 is 79.1. The topological polar surface area (TPSA) is 96.0 Å². The molecule has 0 unspecified atom stereocenters. The van der Waals surface area contributed by atoms with E-state index in [4.69, 9.17) is 12.2 Å². The van der Waals surface area contributed by atoms with Crippen LogP contribution in [-0.2, 0) is 16.2 Å². The fourth-order valence-corrected chi connectivity index (χ4v) is 3.52. The average Bonchev–Trinajstić information content (AvgIpc) is 2.69. The van der Waals surface area contributed by atoms with Gasteiger partial charge in [-0.25, -0.2) is 27.5 Å². The zero-order chi connectivity index (χ0) is 22.6. The lowest BCUT2D eigenvalue weighted by molar-refractivity contribution is -0.137. The van der Waals surface area contributed by atoms with E-state index in [1.54, 1.807) is 0 Å². The van der Waals surface area contributed by atoms with Gasteiger partial charge in [0, 0.05) is 18.1 Å². The van der Waals surface area contributed by atoms with Crippen molar-refractivity contribution in [2.75, 3.05) is 15.4 Å². The minimum Gasteiger partial charge on any atom is -0.332 e. The van der Waals surface area contributed by atoms with Crippen LogP contribution in [0.4, 0.5) is 34.9 Å². The third-order valence-corrected chi connectivity index (χ3v) is 5.30. The lowest BCUT2D eigenvalue weighted by Crippen LogP contribution is -2.20. The molecule has 2 aromatic carbocycles. The Morgan fingerprint density at radius 2 is 1.61 bits per heavy atom. The van der Waals surface area contributed by atoms with Crippen molar-refractivity contribution in [1.29, 1.82) is 0 Å². The summed E-state index contributed by atoms with van der Waals surface area (Å²) in [6.07, 6.45) is -1.89. The first-order chi connectivity index (χ1) is 14.5. The third-order valence-electron chi connectivity index (χ3n) is 3.76. The Balaban J connectivity index is 1.68. The molecule has 1 aromatic heterocycles. The highest BCUT2D eigenvalue weighted by molar-refractivity contribution is 7.92. The Bertz CT molecular complexity index is 1190. The van der Waals surface area contributed by atoms with Crippen LogP contribution < -0.4 is 15.4 Å². The second-order valence-corrected chi connectivity index (χ2v) is 8.06. The van der Waals surface area contributed by atoms with E-state index < -0.39 is 33.3 Å². The van der Waals surface area contributed by atoms with Gasteiger partial charge in [0.25, 0.3) is 10.0 Å². The molecule has 0 bridgehead atoms. The smallest absolute Gasteiger partial charge is 0.332 e. The van der Waals surface area contributed by atoms with E-state index in [0.717, 1.165) is 0 Å². The van der Waals surface area contributed by atoms with Gasteiger partial charge < -0.3 is 10.6 Å². The summed E-state index contributed by atoms with van der Waals surface area (Å²) in [5.74, 6) is -1.02. The molecule has 0 aliphatic heterocycles. The van der Waals surface area contributed by atoms with Crippen molar-refractivity contribution in [3.05, 3.63) is 72.3 Å². The van der Waals surface area contributed by atoms with E-state index >= 15 is 0 Å². The Hall–Kier alpha value is -3.32. The Morgan fingerprint density at radius 3 is 2.23 bits per heavy atom. The quantitative estimate of drug-likeness (QED) is 0.378. The monoisotopic (exact) mass is 471 g/mol. The SMILES string of the molecule is O=S(=O)(Nc1ncccn1)c1ccc(NC(=S)Nc2cc(C(F)(F)F)ccc2F)cc1. The van der Waals surface area contributed by atoms with E-state index in [9.17, 15) is 26.0 Å². The van der Waals surface area contributed by atoms with Crippen LogP contribution in [0, 0.1) is 5.82 Å². The molecule has 0 saturated carbocycles.